The van der Waals surface area contributed by atoms with Gasteiger partial charge in [-0.3, -0.25) is 4.79 Å². The smallest absolute Gasteiger partial charge is 0.306 e. The molecule has 2 nitrogen and oxygen atoms in total. The van der Waals surface area contributed by atoms with Gasteiger partial charge in [-0.15, -0.1) is 0 Å². The summed E-state index contributed by atoms with van der Waals surface area (Å²) in [5, 5.41) is 0.685. The normalized spacial score (nSPS) is 24.3. The zero-order valence-corrected chi connectivity index (χ0v) is 9.23. The molecule has 2 atom stereocenters. The quantitative estimate of drug-likeness (QED) is 0.655. The van der Waals surface area contributed by atoms with Crippen molar-refractivity contribution in [3.8, 4) is 0 Å². The monoisotopic (exact) mass is 202 g/mol. The van der Waals surface area contributed by atoms with Gasteiger partial charge in [0.25, 0.3) is 0 Å². The number of rotatable bonds is 4. The summed E-state index contributed by atoms with van der Waals surface area (Å²) in [7, 11) is 0. The van der Waals surface area contributed by atoms with Crippen LogP contribution in [0, 0.1) is 5.92 Å². The van der Waals surface area contributed by atoms with E-state index in [1.54, 1.807) is 0 Å². The number of carbonyl (C=O) groups is 1. The molecule has 0 aromatic carbocycles. The Kier molecular flexibility index (Phi) is 4.64. The predicted molar refractivity (Wildman–Crippen MR) is 55.9 cm³/mol. The van der Waals surface area contributed by atoms with Crippen molar-refractivity contribution in [3.63, 3.8) is 0 Å². The van der Waals surface area contributed by atoms with Crippen LogP contribution in [-0.2, 0) is 9.53 Å². The van der Waals surface area contributed by atoms with E-state index in [0.717, 1.165) is 0 Å². The van der Waals surface area contributed by atoms with Crippen LogP contribution in [0.3, 0.4) is 0 Å². The summed E-state index contributed by atoms with van der Waals surface area (Å²) >= 11 is 2.00. The number of thioether (sulfide) groups is 1. The van der Waals surface area contributed by atoms with Crippen molar-refractivity contribution in [2.75, 3.05) is 12.4 Å². The van der Waals surface area contributed by atoms with Gasteiger partial charge in [-0.25, -0.2) is 0 Å². The van der Waals surface area contributed by atoms with Gasteiger partial charge < -0.3 is 4.74 Å². The van der Waals surface area contributed by atoms with Crippen molar-refractivity contribution in [2.45, 2.75) is 38.4 Å². The first-order valence-corrected chi connectivity index (χ1v) is 6.06. The Bertz CT molecular complexity index is 164. The summed E-state index contributed by atoms with van der Waals surface area (Å²) < 4.78 is 4.92. The Morgan fingerprint density at radius 3 is 3.00 bits per heavy atom. The summed E-state index contributed by atoms with van der Waals surface area (Å²) in [5.74, 6) is 1.70. The van der Waals surface area contributed by atoms with Crippen LogP contribution >= 0.6 is 11.8 Å². The van der Waals surface area contributed by atoms with E-state index >= 15 is 0 Å². The molecule has 0 aliphatic carbocycles. The molecule has 13 heavy (non-hydrogen) atoms. The van der Waals surface area contributed by atoms with Gasteiger partial charge in [0.15, 0.2) is 0 Å². The van der Waals surface area contributed by atoms with Crippen molar-refractivity contribution in [1.82, 2.24) is 0 Å². The number of hydrogen-bond donors (Lipinski definition) is 0. The second kappa shape index (κ2) is 5.53. The van der Waals surface area contributed by atoms with Crippen LogP contribution in [0.5, 0.6) is 0 Å². The fraction of sp³-hybridized carbons (Fsp3) is 0.900. The molecule has 0 amide bonds. The molecule has 1 aliphatic rings. The molecule has 0 N–H and O–H groups in total. The van der Waals surface area contributed by atoms with Crippen LogP contribution in [0.25, 0.3) is 0 Å². The maximum absolute atomic E-state index is 11.2. The fourth-order valence-corrected chi connectivity index (χ4v) is 3.06. The maximum atomic E-state index is 11.2. The Morgan fingerprint density at radius 1 is 1.69 bits per heavy atom. The fourth-order valence-electron chi connectivity index (χ4n) is 1.67. The second-order valence-corrected chi connectivity index (χ2v) is 4.88. The third kappa shape index (κ3) is 3.59. The standard InChI is InChI=1S/C10H18O2S/c1-3-12-10(11)7-8(2)9-5-4-6-13-9/h8-9H,3-7H2,1-2H3. The minimum absolute atomic E-state index is 0.0394. The minimum atomic E-state index is -0.0394. The van der Waals surface area contributed by atoms with Crippen molar-refractivity contribution in [3.05, 3.63) is 0 Å². The molecule has 1 fully saturated rings. The molecule has 1 aliphatic heterocycles. The van der Waals surface area contributed by atoms with Crippen molar-refractivity contribution in [1.29, 1.82) is 0 Å². The molecule has 0 aromatic rings. The molecule has 0 radical (unpaired) electrons. The van der Waals surface area contributed by atoms with E-state index in [4.69, 9.17) is 4.74 Å². The molecule has 76 valence electrons. The number of carbonyl (C=O) groups excluding carboxylic acids is 1. The highest BCUT2D eigenvalue weighted by Crippen LogP contribution is 2.33. The van der Waals surface area contributed by atoms with E-state index in [2.05, 4.69) is 6.92 Å². The third-order valence-electron chi connectivity index (χ3n) is 2.39. The van der Waals surface area contributed by atoms with Crippen molar-refractivity contribution >= 4 is 17.7 Å². The van der Waals surface area contributed by atoms with Crippen LogP contribution in [-0.4, -0.2) is 23.6 Å². The lowest BCUT2D eigenvalue weighted by molar-refractivity contribution is -0.144. The van der Waals surface area contributed by atoms with E-state index in [1.165, 1.54) is 18.6 Å². The van der Waals surface area contributed by atoms with E-state index in [1.807, 2.05) is 18.7 Å². The first-order valence-electron chi connectivity index (χ1n) is 5.01. The average molecular weight is 202 g/mol. The van der Waals surface area contributed by atoms with Gasteiger partial charge in [0, 0.05) is 11.7 Å². The lowest BCUT2D eigenvalue weighted by Crippen LogP contribution is -2.17. The Labute approximate surface area is 84.4 Å². The molecule has 1 saturated heterocycles. The van der Waals surface area contributed by atoms with Gasteiger partial charge in [-0.05, 0) is 31.4 Å². The van der Waals surface area contributed by atoms with E-state index in [0.29, 0.717) is 24.2 Å². The number of ether oxygens (including phenoxy) is 1. The van der Waals surface area contributed by atoms with Gasteiger partial charge >= 0.3 is 5.97 Å². The summed E-state index contributed by atoms with van der Waals surface area (Å²) in [6.45, 7) is 4.51. The van der Waals surface area contributed by atoms with Gasteiger partial charge in [-0.1, -0.05) is 6.92 Å². The van der Waals surface area contributed by atoms with Crippen LogP contribution in [0.4, 0.5) is 0 Å². The van der Waals surface area contributed by atoms with Crippen LogP contribution in [0.2, 0.25) is 0 Å². The molecule has 2 unspecified atom stereocenters. The highest BCUT2D eigenvalue weighted by atomic mass is 32.2. The molecular formula is C10H18O2S. The summed E-state index contributed by atoms with van der Waals surface area (Å²) in [6, 6.07) is 0. The second-order valence-electron chi connectivity index (χ2n) is 3.54. The molecular weight excluding hydrogens is 184 g/mol. The highest BCUT2D eigenvalue weighted by Gasteiger charge is 2.24. The van der Waals surface area contributed by atoms with E-state index < -0.39 is 0 Å². The minimum Gasteiger partial charge on any atom is -0.466 e. The summed E-state index contributed by atoms with van der Waals surface area (Å²) in [6.07, 6.45) is 3.17. The first kappa shape index (κ1) is 10.9. The van der Waals surface area contributed by atoms with Crippen LogP contribution < -0.4 is 0 Å². The first-order chi connectivity index (χ1) is 6.24. The Balaban J connectivity index is 2.22. The van der Waals surface area contributed by atoms with Crippen LogP contribution in [0.1, 0.15) is 33.1 Å². The van der Waals surface area contributed by atoms with E-state index in [-0.39, 0.29) is 5.97 Å². The van der Waals surface area contributed by atoms with Gasteiger partial charge in [0.2, 0.25) is 0 Å². The molecule has 0 saturated carbocycles. The molecule has 1 rings (SSSR count). The number of esters is 1. The summed E-state index contributed by atoms with van der Waals surface area (Å²) in [4.78, 5) is 11.2. The molecule has 0 spiro atoms. The number of hydrogen-bond acceptors (Lipinski definition) is 3. The SMILES string of the molecule is CCOC(=O)CC(C)C1CCCS1. The molecule has 0 aromatic heterocycles. The van der Waals surface area contributed by atoms with Gasteiger partial charge in [0.05, 0.1) is 6.61 Å². The highest BCUT2D eigenvalue weighted by molar-refractivity contribution is 8.00. The summed E-state index contributed by atoms with van der Waals surface area (Å²) in [5.41, 5.74) is 0. The van der Waals surface area contributed by atoms with Crippen molar-refractivity contribution in [2.24, 2.45) is 5.92 Å². The van der Waals surface area contributed by atoms with Crippen LogP contribution in [0.15, 0.2) is 0 Å². The predicted octanol–water partition coefficient (Wildman–Crippen LogP) is 2.47. The van der Waals surface area contributed by atoms with Gasteiger partial charge in [-0.2, -0.15) is 11.8 Å². The topological polar surface area (TPSA) is 26.3 Å². The average Bonchev–Trinajstić information content (AvgIpc) is 2.55. The van der Waals surface area contributed by atoms with Gasteiger partial charge in [0.1, 0.15) is 0 Å². The molecule has 1 heterocycles. The largest absolute Gasteiger partial charge is 0.466 e. The molecule has 3 heteroatoms. The lowest BCUT2D eigenvalue weighted by Gasteiger charge is -2.16. The zero-order chi connectivity index (χ0) is 9.68. The molecule has 0 bridgehead atoms. The van der Waals surface area contributed by atoms with E-state index in [9.17, 15) is 4.79 Å². The third-order valence-corrected chi connectivity index (χ3v) is 4.05. The van der Waals surface area contributed by atoms with Crippen molar-refractivity contribution < 1.29 is 9.53 Å². The zero-order valence-electron chi connectivity index (χ0n) is 8.41. The lowest BCUT2D eigenvalue weighted by atomic mass is 10.0. The Morgan fingerprint density at radius 2 is 2.46 bits per heavy atom. The maximum Gasteiger partial charge on any atom is 0.306 e. The Hall–Kier alpha value is -0.180.